The van der Waals surface area contributed by atoms with Crippen LogP contribution >= 0.6 is 0 Å². The molecule has 0 aliphatic rings. The minimum absolute atomic E-state index is 0.112. The number of anilines is 1. The maximum atomic E-state index is 10.7. The average Bonchev–Trinajstić information content (AvgIpc) is 2.34. The molecule has 18 heavy (non-hydrogen) atoms. The number of ether oxygens (including phenoxy) is 1. The van der Waals surface area contributed by atoms with Crippen LogP contribution in [0, 0.1) is 10.1 Å². The van der Waals surface area contributed by atoms with Gasteiger partial charge in [-0.1, -0.05) is 0 Å². The lowest BCUT2D eigenvalue weighted by Gasteiger charge is -2.21. The maximum Gasteiger partial charge on any atom is 0.323 e. The molecule has 7 heteroatoms. The van der Waals surface area contributed by atoms with Crippen LogP contribution in [0.5, 0.6) is 5.75 Å². The zero-order valence-corrected chi connectivity index (χ0v) is 10.1. The van der Waals surface area contributed by atoms with Gasteiger partial charge in [-0.25, -0.2) is 0 Å². The predicted octanol–water partition coefficient (Wildman–Crippen LogP) is 1.51. The number of likely N-dealkylation sites (N-methyl/N-ethyl adjacent to an activating group) is 1. The Morgan fingerprint density at radius 2 is 2.22 bits per heavy atom. The van der Waals surface area contributed by atoms with Gasteiger partial charge in [-0.05, 0) is 13.0 Å². The van der Waals surface area contributed by atoms with Crippen LogP contribution in [0.1, 0.15) is 6.92 Å². The second-order valence-corrected chi connectivity index (χ2v) is 3.52. The van der Waals surface area contributed by atoms with Crippen molar-refractivity contribution in [3.8, 4) is 5.75 Å². The Balaban J connectivity index is 3.10. The fraction of sp³-hybridized carbons (Fsp3) is 0.364. The first kappa shape index (κ1) is 13.8. The van der Waals surface area contributed by atoms with Gasteiger partial charge in [0.1, 0.15) is 6.54 Å². The third-order valence-electron chi connectivity index (χ3n) is 2.43. The first-order valence-electron chi connectivity index (χ1n) is 5.28. The number of carboxylic acid groups (broad SMARTS) is 1. The largest absolute Gasteiger partial charge is 0.490 e. The molecule has 0 radical (unpaired) electrons. The molecule has 0 saturated heterocycles. The Morgan fingerprint density at radius 3 is 2.67 bits per heavy atom. The molecule has 1 aromatic rings. The van der Waals surface area contributed by atoms with Crippen molar-refractivity contribution in [2.24, 2.45) is 0 Å². The standard InChI is InChI=1S/C11H14N2O5/c1-3-12(7-11(14)15)8-4-5-9(13(16)17)10(6-8)18-2/h4-6H,3,7H2,1-2H3,(H,14,15). The molecule has 0 spiro atoms. The van der Waals surface area contributed by atoms with Crippen molar-refractivity contribution >= 4 is 17.3 Å². The molecule has 0 unspecified atom stereocenters. The van der Waals surface area contributed by atoms with E-state index in [0.717, 1.165) is 0 Å². The fourth-order valence-electron chi connectivity index (χ4n) is 1.56. The maximum absolute atomic E-state index is 10.7. The molecule has 7 nitrogen and oxygen atoms in total. The van der Waals surface area contributed by atoms with E-state index >= 15 is 0 Å². The molecule has 0 saturated carbocycles. The highest BCUT2D eigenvalue weighted by atomic mass is 16.6. The Bertz CT molecular complexity index is 461. The normalized spacial score (nSPS) is 9.89. The summed E-state index contributed by atoms with van der Waals surface area (Å²) in [6, 6.07) is 4.27. The lowest BCUT2D eigenvalue weighted by molar-refractivity contribution is -0.385. The molecule has 0 bridgehead atoms. The fourth-order valence-corrected chi connectivity index (χ4v) is 1.56. The lowest BCUT2D eigenvalue weighted by Crippen LogP contribution is -2.29. The predicted molar refractivity (Wildman–Crippen MR) is 65.2 cm³/mol. The molecule has 0 atom stereocenters. The summed E-state index contributed by atoms with van der Waals surface area (Å²) in [5.74, 6) is -0.851. The summed E-state index contributed by atoms with van der Waals surface area (Å²) in [5.41, 5.74) is 0.426. The molecule has 0 fully saturated rings. The van der Waals surface area contributed by atoms with E-state index in [2.05, 4.69) is 0 Å². The second kappa shape index (κ2) is 5.85. The van der Waals surface area contributed by atoms with Gasteiger partial charge in [0.15, 0.2) is 5.75 Å². The topological polar surface area (TPSA) is 92.9 Å². The highest BCUT2D eigenvalue weighted by molar-refractivity contribution is 5.74. The smallest absolute Gasteiger partial charge is 0.323 e. The summed E-state index contributed by atoms with van der Waals surface area (Å²) in [5, 5.41) is 19.5. The van der Waals surface area contributed by atoms with Crippen molar-refractivity contribution in [1.29, 1.82) is 0 Å². The van der Waals surface area contributed by atoms with Gasteiger partial charge in [-0.2, -0.15) is 0 Å². The highest BCUT2D eigenvalue weighted by Crippen LogP contribution is 2.31. The van der Waals surface area contributed by atoms with Gasteiger partial charge in [-0.3, -0.25) is 14.9 Å². The highest BCUT2D eigenvalue weighted by Gasteiger charge is 2.17. The number of nitrogens with zero attached hydrogens (tertiary/aromatic N) is 2. The number of benzene rings is 1. The summed E-state index contributed by atoms with van der Waals surface area (Å²) in [6.07, 6.45) is 0. The molecule has 98 valence electrons. The number of methoxy groups -OCH3 is 1. The van der Waals surface area contributed by atoms with Gasteiger partial charge < -0.3 is 14.7 Å². The SMILES string of the molecule is CCN(CC(=O)O)c1ccc([N+](=O)[O-])c(OC)c1. The van der Waals surface area contributed by atoms with Crippen molar-refractivity contribution in [3.05, 3.63) is 28.3 Å². The Kier molecular flexibility index (Phi) is 4.47. The molecule has 1 rings (SSSR count). The molecule has 0 heterocycles. The molecule has 1 N–H and O–H groups in total. The molecule has 0 aliphatic heterocycles. The summed E-state index contributed by atoms with van der Waals surface area (Å²) >= 11 is 0. The number of carboxylic acids is 1. The van der Waals surface area contributed by atoms with Crippen LogP contribution in [-0.2, 0) is 4.79 Å². The van der Waals surface area contributed by atoms with Crippen LogP contribution in [0.25, 0.3) is 0 Å². The number of hydrogen-bond donors (Lipinski definition) is 1. The zero-order chi connectivity index (χ0) is 13.7. The number of carbonyl (C=O) groups is 1. The molecule has 0 aliphatic carbocycles. The first-order valence-corrected chi connectivity index (χ1v) is 5.28. The van der Waals surface area contributed by atoms with Crippen LogP contribution in [0.15, 0.2) is 18.2 Å². The third kappa shape index (κ3) is 3.09. The quantitative estimate of drug-likeness (QED) is 0.611. The zero-order valence-electron chi connectivity index (χ0n) is 10.1. The molecule has 0 amide bonds. The minimum atomic E-state index is -0.964. The summed E-state index contributed by atoms with van der Waals surface area (Å²) in [7, 11) is 1.33. The van der Waals surface area contributed by atoms with E-state index in [9.17, 15) is 14.9 Å². The lowest BCUT2D eigenvalue weighted by atomic mass is 10.2. The third-order valence-corrected chi connectivity index (χ3v) is 2.43. The Morgan fingerprint density at radius 1 is 1.56 bits per heavy atom. The van der Waals surface area contributed by atoms with E-state index in [1.165, 1.54) is 25.3 Å². The van der Waals surface area contributed by atoms with E-state index in [4.69, 9.17) is 9.84 Å². The van der Waals surface area contributed by atoms with Gasteiger partial charge >= 0.3 is 11.7 Å². The van der Waals surface area contributed by atoms with Gasteiger partial charge in [0, 0.05) is 24.4 Å². The Labute approximate surface area is 104 Å². The van der Waals surface area contributed by atoms with Gasteiger partial charge in [0.05, 0.1) is 12.0 Å². The number of aliphatic carboxylic acids is 1. The monoisotopic (exact) mass is 254 g/mol. The summed E-state index contributed by atoms with van der Waals surface area (Å²) in [4.78, 5) is 22.4. The molecule has 0 aromatic heterocycles. The number of nitro benzene ring substituents is 1. The molecular weight excluding hydrogens is 240 g/mol. The van der Waals surface area contributed by atoms with Crippen LogP contribution in [0.4, 0.5) is 11.4 Å². The van der Waals surface area contributed by atoms with E-state index < -0.39 is 10.9 Å². The van der Waals surface area contributed by atoms with E-state index in [-0.39, 0.29) is 18.0 Å². The summed E-state index contributed by atoms with van der Waals surface area (Å²) in [6.45, 7) is 2.11. The van der Waals surface area contributed by atoms with Crippen LogP contribution < -0.4 is 9.64 Å². The molecular formula is C11H14N2O5. The van der Waals surface area contributed by atoms with Gasteiger partial charge in [-0.15, -0.1) is 0 Å². The second-order valence-electron chi connectivity index (χ2n) is 3.52. The van der Waals surface area contributed by atoms with Gasteiger partial charge in [0.25, 0.3) is 0 Å². The number of hydrogen-bond acceptors (Lipinski definition) is 5. The van der Waals surface area contributed by atoms with Crippen LogP contribution in [-0.4, -0.2) is 36.2 Å². The van der Waals surface area contributed by atoms with E-state index in [1.807, 2.05) is 0 Å². The van der Waals surface area contributed by atoms with Crippen molar-refractivity contribution in [3.63, 3.8) is 0 Å². The van der Waals surface area contributed by atoms with Crippen LogP contribution in [0.3, 0.4) is 0 Å². The average molecular weight is 254 g/mol. The van der Waals surface area contributed by atoms with E-state index in [1.54, 1.807) is 11.8 Å². The van der Waals surface area contributed by atoms with Gasteiger partial charge in [0.2, 0.25) is 0 Å². The summed E-state index contributed by atoms with van der Waals surface area (Å²) < 4.78 is 4.93. The van der Waals surface area contributed by atoms with Crippen molar-refractivity contribution < 1.29 is 19.6 Å². The van der Waals surface area contributed by atoms with Crippen molar-refractivity contribution in [1.82, 2.24) is 0 Å². The van der Waals surface area contributed by atoms with Crippen LogP contribution in [0.2, 0.25) is 0 Å². The number of nitro groups is 1. The van der Waals surface area contributed by atoms with Crippen molar-refractivity contribution in [2.75, 3.05) is 25.1 Å². The minimum Gasteiger partial charge on any atom is -0.490 e. The number of rotatable bonds is 6. The Hall–Kier alpha value is -2.31. The van der Waals surface area contributed by atoms with Crippen molar-refractivity contribution in [2.45, 2.75) is 6.92 Å². The van der Waals surface area contributed by atoms with E-state index in [0.29, 0.717) is 12.2 Å². The first-order chi connectivity index (χ1) is 8.49. The molecule has 1 aromatic carbocycles.